The molecule has 2 heterocycles. The molecule has 0 aliphatic carbocycles. The van der Waals surface area contributed by atoms with Gasteiger partial charge in [0, 0.05) is 30.2 Å². The summed E-state index contributed by atoms with van der Waals surface area (Å²) in [7, 11) is 0. The van der Waals surface area contributed by atoms with Gasteiger partial charge in [-0.3, -0.25) is 19.8 Å². The van der Waals surface area contributed by atoms with Gasteiger partial charge in [-0.1, -0.05) is 30.3 Å². The van der Waals surface area contributed by atoms with Crippen molar-refractivity contribution in [3.05, 3.63) is 82.0 Å². The second kappa shape index (κ2) is 6.90. The monoisotopic (exact) mass is 377 g/mol. The second-order valence-electron chi connectivity index (χ2n) is 6.61. The van der Waals surface area contributed by atoms with E-state index in [4.69, 9.17) is 5.73 Å². The molecule has 1 aliphatic rings. The van der Waals surface area contributed by atoms with E-state index in [9.17, 15) is 14.9 Å². The van der Waals surface area contributed by atoms with Crippen LogP contribution in [0.2, 0.25) is 0 Å². The minimum Gasteiger partial charge on any atom is -0.319 e. The first-order valence-electron chi connectivity index (χ1n) is 8.97. The topological polar surface area (TPSA) is 107 Å². The van der Waals surface area contributed by atoms with E-state index in [0.29, 0.717) is 17.9 Å². The quantitative estimate of drug-likeness (QED) is 0.555. The average molecular weight is 377 g/mol. The number of non-ortho nitro benzene ring substituents is 1. The first kappa shape index (κ1) is 17.9. The lowest BCUT2D eigenvalue weighted by molar-refractivity contribution is -0.384. The van der Waals surface area contributed by atoms with E-state index >= 15 is 0 Å². The van der Waals surface area contributed by atoms with Gasteiger partial charge in [-0.2, -0.15) is 5.10 Å². The minimum absolute atomic E-state index is 0.0351. The Morgan fingerprint density at radius 2 is 1.93 bits per heavy atom. The number of anilines is 1. The van der Waals surface area contributed by atoms with Crippen LogP contribution in [0.4, 0.5) is 11.5 Å². The molecule has 0 unspecified atom stereocenters. The number of carbonyl (C=O) groups excluding carboxylic acids is 1. The predicted octanol–water partition coefficient (Wildman–Crippen LogP) is 2.61. The summed E-state index contributed by atoms with van der Waals surface area (Å²) in [5.41, 5.74) is 8.50. The van der Waals surface area contributed by atoms with E-state index in [1.807, 2.05) is 37.3 Å². The van der Waals surface area contributed by atoms with Crippen molar-refractivity contribution >= 4 is 17.4 Å². The summed E-state index contributed by atoms with van der Waals surface area (Å²) in [6.07, 6.45) is 1.70. The third kappa shape index (κ3) is 2.74. The summed E-state index contributed by atoms with van der Waals surface area (Å²) in [6.45, 7) is 2.32. The Morgan fingerprint density at radius 1 is 1.18 bits per heavy atom. The van der Waals surface area contributed by atoms with Gasteiger partial charge in [-0.15, -0.1) is 0 Å². The molecule has 1 aromatic heterocycles. The number of hydrogen-bond donors (Lipinski definition) is 1. The van der Waals surface area contributed by atoms with Crippen LogP contribution in [0, 0.1) is 10.1 Å². The molecule has 8 nitrogen and oxygen atoms in total. The molecule has 2 N–H and O–H groups in total. The lowest BCUT2D eigenvalue weighted by atomic mass is 9.83. The van der Waals surface area contributed by atoms with Crippen LogP contribution in [0.25, 0.3) is 5.69 Å². The van der Waals surface area contributed by atoms with E-state index in [1.54, 1.807) is 27.9 Å². The van der Waals surface area contributed by atoms with Crippen LogP contribution in [0.3, 0.4) is 0 Å². The molecule has 4 rings (SSSR count). The molecule has 0 fully saturated rings. The third-order valence-electron chi connectivity index (χ3n) is 5.03. The average Bonchev–Trinajstić information content (AvgIpc) is 3.14. The number of rotatable bonds is 4. The SMILES string of the molecule is CCN1C(=O)[C@H](N)[C@@H](c2cccc([N+](=O)[O-])c2)c2cnn(-c3ccccc3)c21. The summed E-state index contributed by atoms with van der Waals surface area (Å²) in [5.74, 6) is -0.0937. The fraction of sp³-hybridized carbons (Fsp3) is 0.200. The van der Waals surface area contributed by atoms with Crippen molar-refractivity contribution in [3.63, 3.8) is 0 Å². The van der Waals surface area contributed by atoms with E-state index in [2.05, 4.69) is 5.10 Å². The van der Waals surface area contributed by atoms with Crippen molar-refractivity contribution in [3.8, 4) is 5.69 Å². The van der Waals surface area contributed by atoms with Gasteiger partial charge < -0.3 is 5.73 Å². The number of fused-ring (bicyclic) bond motifs is 1. The van der Waals surface area contributed by atoms with Gasteiger partial charge in [-0.25, -0.2) is 4.68 Å². The molecule has 0 saturated heterocycles. The zero-order chi connectivity index (χ0) is 19.8. The van der Waals surface area contributed by atoms with Crippen LogP contribution >= 0.6 is 0 Å². The molecule has 142 valence electrons. The number of nitro benzene ring substituents is 1. The molecule has 0 spiro atoms. The van der Waals surface area contributed by atoms with E-state index in [1.165, 1.54) is 12.1 Å². The highest BCUT2D eigenvalue weighted by Crippen LogP contribution is 2.41. The van der Waals surface area contributed by atoms with Gasteiger partial charge >= 0.3 is 0 Å². The molecule has 1 amide bonds. The highest BCUT2D eigenvalue weighted by Gasteiger charge is 2.41. The lowest BCUT2D eigenvalue weighted by Crippen LogP contribution is -2.51. The van der Waals surface area contributed by atoms with Gasteiger partial charge in [0.05, 0.1) is 22.8 Å². The smallest absolute Gasteiger partial charge is 0.269 e. The maximum absolute atomic E-state index is 13.0. The number of hydrogen-bond acceptors (Lipinski definition) is 5. The molecule has 1 aliphatic heterocycles. The summed E-state index contributed by atoms with van der Waals surface area (Å²) in [4.78, 5) is 25.4. The maximum Gasteiger partial charge on any atom is 0.269 e. The Balaban J connectivity index is 1.91. The van der Waals surface area contributed by atoms with Crippen molar-refractivity contribution in [1.82, 2.24) is 9.78 Å². The first-order valence-corrected chi connectivity index (χ1v) is 8.97. The largest absolute Gasteiger partial charge is 0.319 e. The Kier molecular flexibility index (Phi) is 4.40. The Labute approximate surface area is 161 Å². The molecule has 0 saturated carbocycles. The van der Waals surface area contributed by atoms with Crippen LogP contribution in [0.15, 0.2) is 60.8 Å². The Hall–Kier alpha value is -3.52. The normalized spacial score (nSPS) is 18.8. The van der Waals surface area contributed by atoms with Crippen LogP contribution in [-0.4, -0.2) is 33.2 Å². The van der Waals surface area contributed by atoms with Gasteiger partial charge in [0.15, 0.2) is 0 Å². The number of nitrogens with two attached hydrogens (primary N) is 1. The molecule has 2 atom stereocenters. The highest BCUT2D eigenvalue weighted by atomic mass is 16.6. The number of nitro groups is 1. The van der Waals surface area contributed by atoms with Crippen LogP contribution in [-0.2, 0) is 4.79 Å². The third-order valence-corrected chi connectivity index (χ3v) is 5.03. The summed E-state index contributed by atoms with van der Waals surface area (Å²) in [5, 5.41) is 15.7. The summed E-state index contributed by atoms with van der Waals surface area (Å²) < 4.78 is 1.72. The fourth-order valence-electron chi connectivity index (χ4n) is 3.75. The number of nitrogens with zero attached hydrogens (tertiary/aromatic N) is 4. The number of para-hydroxylation sites is 1. The zero-order valence-electron chi connectivity index (χ0n) is 15.2. The van der Waals surface area contributed by atoms with Crippen molar-refractivity contribution in [2.24, 2.45) is 5.73 Å². The van der Waals surface area contributed by atoms with Crippen LogP contribution < -0.4 is 10.6 Å². The summed E-state index contributed by atoms with van der Waals surface area (Å²) >= 11 is 0. The molecule has 8 heteroatoms. The zero-order valence-corrected chi connectivity index (χ0v) is 15.2. The predicted molar refractivity (Wildman–Crippen MR) is 105 cm³/mol. The minimum atomic E-state index is -0.845. The maximum atomic E-state index is 13.0. The van der Waals surface area contributed by atoms with E-state index in [0.717, 1.165) is 11.3 Å². The molecular weight excluding hydrogens is 358 g/mol. The van der Waals surface area contributed by atoms with E-state index in [-0.39, 0.29) is 11.6 Å². The Bertz CT molecular complexity index is 1050. The highest BCUT2D eigenvalue weighted by molar-refractivity contribution is 6.01. The number of likely N-dealkylation sites (N-methyl/N-ethyl adjacent to an activating group) is 1. The molecule has 3 aromatic rings. The standard InChI is InChI=1S/C20H19N5O3/c1-2-23-19-16(12-22-24(19)14-8-4-3-5-9-14)17(18(21)20(23)26)13-7-6-10-15(11-13)25(27)28/h3-12,17-18H,2,21H2,1H3/t17-,18+/m0/s1. The number of benzene rings is 2. The van der Waals surface area contributed by atoms with Crippen molar-refractivity contribution in [2.45, 2.75) is 18.9 Å². The van der Waals surface area contributed by atoms with E-state index < -0.39 is 16.9 Å². The fourth-order valence-corrected chi connectivity index (χ4v) is 3.75. The van der Waals surface area contributed by atoms with Crippen LogP contribution in [0.5, 0.6) is 0 Å². The number of amides is 1. The lowest BCUT2D eigenvalue weighted by Gasteiger charge is -2.36. The van der Waals surface area contributed by atoms with Gasteiger partial charge in [0.2, 0.25) is 5.91 Å². The Morgan fingerprint density at radius 3 is 2.61 bits per heavy atom. The van der Waals surface area contributed by atoms with Gasteiger partial charge in [0.25, 0.3) is 5.69 Å². The van der Waals surface area contributed by atoms with Gasteiger partial charge in [-0.05, 0) is 24.6 Å². The molecule has 0 radical (unpaired) electrons. The van der Waals surface area contributed by atoms with Gasteiger partial charge in [0.1, 0.15) is 5.82 Å². The van der Waals surface area contributed by atoms with Crippen molar-refractivity contribution in [1.29, 1.82) is 0 Å². The summed E-state index contributed by atoms with van der Waals surface area (Å²) in [6, 6.07) is 14.9. The number of carbonyl (C=O) groups is 1. The van der Waals surface area contributed by atoms with Crippen LogP contribution in [0.1, 0.15) is 24.0 Å². The number of aromatic nitrogens is 2. The molecule has 28 heavy (non-hydrogen) atoms. The molecule has 0 bridgehead atoms. The molecule has 2 aromatic carbocycles. The second-order valence-corrected chi connectivity index (χ2v) is 6.61. The molecular formula is C20H19N5O3. The first-order chi connectivity index (χ1) is 13.5. The van der Waals surface area contributed by atoms with Crippen molar-refractivity contribution in [2.75, 3.05) is 11.4 Å². The van der Waals surface area contributed by atoms with Crippen molar-refractivity contribution < 1.29 is 9.72 Å².